The van der Waals surface area contributed by atoms with Gasteiger partial charge >= 0.3 is 12.1 Å². The van der Waals surface area contributed by atoms with Crippen LogP contribution < -0.4 is 5.32 Å². The summed E-state index contributed by atoms with van der Waals surface area (Å²) in [6.07, 6.45) is -1.97. The Morgan fingerprint density at radius 2 is 2.10 bits per heavy atom. The van der Waals surface area contributed by atoms with Gasteiger partial charge in [-0.05, 0) is 42.2 Å². The summed E-state index contributed by atoms with van der Waals surface area (Å²) in [6, 6.07) is 4.53. The predicted molar refractivity (Wildman–Crippen MR) is 105 cm³/mol. The molecule has 0 unspecified atom stereocenters. The van der Waals surface area contributed by atoms with Crippen LogP contribution in [0.5, 0.6) is 0 Å². The van der Waals surface area contributed by atoms with Gasteiger partial charge in [-0.2, -0.15) is 18.0 Å². The van der Waals surface area contributed by atoms with Crippen LogP contribution in [0.15, 0.2) is 24.3 Å². The number of ether oxygens (including phenoxy) is 1. The van der Waals surface area contributed by atoms with Gasteiger partial charge in [0.2, 0.25) is 11.7 Å². The molecule has 0 bridgehead atoms. The molecule has 4 rings (SSSR count). The summed E-state index contributed by atoms with van der Waals surface area (Å²) < 4.78 is 43.5. The number of amides is 1. The number of nitrogens with one attached hydrogen (secondary N) is 1. The maximum absolute atomic E-state index is 12.9. The van der Waals surface area contributed by atoms with Gasteiger partial charge in [0.1, 0.15) is 11.5 Å². The molecule has 1 amide bonds. The topological polar surface area (TPSA) is 99.0 Å². The van der Waals surface area contributed by atoms with Crippen LogP contribution in [0.3, 0.4) is 0 Å². The molecule has 1 aliphatic rings. The van der Waals surface area contributed by atoms with Crippen molar-refractivity contribution in [3.05, 3.63) is 45.8 Å². The van der Waals surface area contributed by atoms with Gasteiger partial charge < -0.3 is 10.1 Å². The van der Waals surface area contributed by atoms with Crippen molar-refractivity contribution in [2.24, 2.45) is 0 Å². The Hall–Kier alpha value is -3.28. The Kier molecular flexibility index (Phi) is 5.48. The Morgan fingerprint density at radius 1 is 1.29 bits per heavy atom. The molecule has 0 saturated carbocycles. The van der Waals surface area contributed by atoms with Crippen LogP contribution in [0.2, 0.25) is 0 Å². The van der Waals surface area contributed by atoms with E-state index in [0.29, 0.717) is 10.6 Å². The highest BCUT2D eigenvalue weighted by Gasteiger charge is 2.31. The summed E-state index contributed by atoms with van der Waals surface area (Å²) in [6.45, 7) is -0.324. The number of fused-ring (bicyclic) bond motifs is 1. The molecule has 8 nitrogen and oxygen atoms in total. The number of hydrogen-bond donors (Lipinski definition) is 1. The highest BCUT2D eigenvalue weighted by molar-refractivity contribution is 7.17. The zero-order valence-corrected chi connectivity index (χ0v) is 17.0. The molecule has 3 aromatic rings. The van der Waals surface area contributed by atoms with Crippen molar-refractivity contribution < 1.29 is 27.5 Å². The SMILES string of the molecule is COC(=O)c1c(NC(=O)Cn2nnc(-c3cccc(C(F)(F)F)c3)n2)sc2c1CCC2. The van der Waals surface area contributed by atoms with E-state index in [1.165, 1.54) is 30.6 Å². The summed E-state index contributed by atoms with van der Waals surface area (Å²) in [7, 11) is 1.28. The van der Waals surface area contributed by atoms with Crippen LogP contribution in [-0.4, -0.2) is 39.2 Å². The number of nitrogens with zero attached hydrogens (tertiary/aromatic N) is 4. The Balaban J connectivity index is 1.49. The van der Waals surface area contributed by atoms with E-state index in [4.69, 9.17) is 4.74 Å². The Labute approximate surface area is 178 Å². The molecule has 0 saturated heterocycles. The smallest absolute Gasteiger partial charge is 0.416 e. The zero-order chi connectivity index (χ0) is 22.2. The largest absolute Gasteiger partial charge is 0.465 e. The number of hydrogen-bond acceptors (Lipinski definition) is 7. The number of halogens is 3. The average Bonchev–Trinajstić information content (AvgIpc) is 3.43. The minimum atomic E-state index is -4.50. The van der Waals surface area contributed by atoms with Crippen molar-refractivity contribution in [2.45, 2.75) is 32.0 Å². The number of aromatic nitrogens is 4. The molecule has 0 atom stereocenters. The van der Waals surface area contributed by atoms with Gasteiger partial charge in [-0.15, -0.1) is 21.5 Å². The number of carbonyl (C=O) groups excluding carboxylic acids is 2. The molecule has 31 heavy (non-hydrogen) atoms. The van der Waals surface area contributed by atoms with Crippen molar-refractivity contribution in [2.75, 3.05) is 12.4 Å². The Morgan fingerprint density at radius 3 is 2.84 bits per heavy atom. The molecule has 0 fully saturated rings. The average molecular weight is 451 g/mol. The second-order valence-electron chi connectivity index (χ2n) is 6.82. The second-order valence-corrected chi connectivity index (χ2v) is 7.93. The summed E-state index contributed by atoms with van der Waals surface area (Å²) in [5, 5.41) is 14.5. The van der Waals surface area contributed by atoms with Gasteiger partial charge in [-0.1, -0.05) is 12.1 Å². The number of tetrazole rings is 1. The number of thiophene rings is 1. The molecule has 2 heterocycles. The fourth-order valence-electron chi connectivity index (χ4n) is 3.37. The molecule has 1 aromatic carbocycles. The molecule has 0 radical (unpaired) electrons. The van der Waals surface area contributed by atoms with Crippen molar-refractivity contribution >= 4 is 28.2 Å². The third-order valence-electron chi connectivity index (χ3n) is 4.75. The number of alkyl halides is 3. The number of rotatable bonds is 5. The van der Waals surface area contributed by atoms with E-state index in [1.54, 1.807) is 0 Å². The van der Waals surface area contributed by atoms with Crippen LogP contribution in [-0.2, 0) is 35.1 Å². The van der Waals surface area contributed by atoms with Crippen LogP contribution in [0.25, 0.3) is 11.4 Å². The first kappa shape index (κ1) is 21.0. The van der Waals surface area contributed by atoms with Gasteiger partial charge in [-0.25, -0.2) is 4.79 Å². The minimum absolute atomic E-state index is 0.0377. The van der Waals surface area contributed by atoms with E-state index in [1.807, 2.05) is 0 Å². The van der Waals surface area contributed by atoms with Gasteiger partial charge in [0, 0.05) is 10.4 Å². The third-order valence-corrected chi connectivity index (χ3v) is 5.96. The molecule has 1 N–H and O–H groups in total. The molecule has 0 spiro atoms. The standard InChI is InChI=1S/C19H16F3N5O3S/c1-30-18(29)15-12-6-3-7-13(12)31-17(15)23-14(28)9-27-25-16(24-26-27)10-4-2-5-11(8-10)19(20,21)22/h2,4-5,8H,3,6-7,9H2,1H3,(H,23,28). The van der Waals surface area contributed by atoms with Crippen molar-refractivity contribution in [3.8, 4) is 11.4 Å². The van der Waals surface area contributed by atoms with Crippen molar-refractivity contribution in [3.63, 3.8) is 0 Å². The summed E-state index contributed by atoms with van der Waals surface area (Å²) in [4.78, 5) is 26.7. The van der Waals surface area contributed by atoms with Gasteiger partial charge in [0.05, 0.1) is 18.2 Å². The van der Waals surface area contributed by atoms with E-state index in [2.05, 4.69) is 20.7 Å². The lowest BCUT2D eigenvalue weighted by molar-refractivity contribution is -0.137. The number of carbonyl (C=O) groups is 2. The van der Waals surface area contributed by atoms with E-state index in [9.17, 15) is 22.8 Å². The number of anilines is 1. The van der Waals surface area contributed by atoms with Gasteiger partial charge in [-0.3, -0.25) is 4.79 Å². The molecule has 12 heteroatoms. The number of methoxy groups -OCH3 is 1. The lowest BCUT2D eigenvalue weighted by Crippen LogP contribution is -2.21. The van der Waals surface area contributed by atoms with Crippen LogP contribution in [0.1, 0.15) is 32.8 Å². The fraction of sp³-hybridized carbons (Fsp3) is 0.316. The number of benzene rings is 1. The van der Waals surface area contributed by atoms with Crippen LogP contribution >= 0.6 is 11.3 Å². The van der Waals surface area contributed by atoms with Gasteiger partial charge in [0.25, 0.3) is 0 Å². The number of esters is 1. The normalized spacial score (nSPS) is 13.2. The number of aryl methyl sites for hydroxylation is 1. The lowest BCUT2D eigenvalue weighted by atomic mass is 10.1. The monoisotopic (exact) mass is 451 g/mol. The maximum atomic E-state index is 12.9. The van der Waals surface area contributed by atoms with E-state index < -0.39 is 23.6 Å². The first-order chi connectivity index (χ1) is 14.8. The molecular weight excluding hydrogens is 435 g/mol. The summed E-state index contributed by atoms with van der Waals surface area (Å²) >= 11 is 1.33. The Bertz CT molecular complexity index is 1160. The molecule has 162 valence electrons. The molecule has 1 aliphatic carbocycles. The second kappa shape index (κ2) is 8.10. The minimum Gasteiger partial charge on any atom is -0.465 e. The van der Waals surface area contributed by atoms with E-state index in [0.717, 1.165) is 46.6 Å². The maximum Gasteiger partial charge on any atom is 0.416 e. The predicted octanol–water partition coefficient (Wildman–Crippen LogP) is 3.33. The first-order valence-electron chi connectivity index (χ1n) is 9.24. The van der Waals surface area contributed by atoms with Crippen LogP contribution in [0, 0.1) is 0 Å². The molecular formula is C19H16F3N5O3S. The van der Waals surface area contributed by atoms with Gasteiger partial charge in [0.15, 0.2) is 0 Å². The first-order valence-corrected chi connectivity index (χ1v) is 10.1. The van der Waals surface area contributed by atoms with Crippen LogP contribution in [0.4, 0.5) is 18.2 Å². The third kappa shape index (κ3) is 4.29. The van der Waals surface area contributed by atoms with Crippen molar-refractivity contribution in [1.29, 1.82) is 0 Å². The summed E-state index contributed by atoms with van der Waals surface area (Å²) in [5.74, 6) is -1.05. The summed E-state index contributed by atoms with van der Waals surface area (Å²) in [5.41, 5.74) is 0.562. The highest BCUT2D eigenvalue weighted by Crippen LogP contribution is 2.39. The lowest BCUT2D eigenvalue weighted by Gasteiger charge is -2.07. The zero-order valence-electron chi connectivity index (χ0n) is 16.2. The molecule has 2 aromatic heterocycles. The molecule has 0 aliphatic heterocycles. The van der Waals surface area contributed by atoms with Crippen molar-refractivity contribution in [1.82, 2.24) is 20.2 Å². The quantitative estimate of drug-likeness (QED) is 0.598. The van der Waals surface area contributed by atoms with E-state index >= 15 is 0 Å². The fourth-order valence-corrected chi connectivity index (χ4v) is 4.66. The van der Waals surface area contributed by atoms with E-state index in [-0.39, 0.29) is 17.9 Å². The highest BCUT2D eigenvalue weighted by atomic mass is 32.1.